The Morgan fingerprint density at radius 3 is 2.21 bits per heavy atom. The highest BCUT2D eigenvalue weighted by atomic mass is 19.1. The summed E-state index contributed by atoms with van der Waals surface area (Å²) in [5.74, 6) is -1.02. The molecular formula is C35H37FN2O4. The molecule has 0 saturated carbocycles. The van der Waals surface area contributed by atoms with E-state index >= 15 is 0 Å². The molecule has 218 valence electrons. The van der Waals surface area contributed by atoms with Crippen molar-refractivity contribution in [3.63, 3.8) is 0 Å². The van der Waals surface area contributed by atoms with Gasteiger partial charge in [-0.2, -0.15) is 0 Å². The van der Waals surface area contributed by atoms with E-state index in [1.807, 2.05) is 74.5 Å². The lowest BCUT2D eigenvalue weighted by Gasteiger charge is -2.18. The van der Waals surface area contributed by atoms with Crippen LogP contribution in [0.1, 0.15) is 55.6 Å². The Bertz CT molecular complexity index is 1510. The Morgan fingerprint density at radius 1 is 0.952 bits per heavy atom. The van der Waals surface area contributed by atoms with Gasteiger partial charge in [0, 0.05) is 23.5 Å². The number of hydrogen-bond acceptors (Lipinski definition) is 4. The third kappa shape index (κ3) is 7.42. The van der Waals surface area contributed by atoms with Crippen LogP contribution in [0.3, 0.4) is 0 Å². The lowest BCUT2D eigenvalue weighted by Crippen LogP contribution is -2.17. The number of ether oxygens (including phenoxy) is 1. The van der Waals surface area contributed by atoms with E-state index < -0.39 is 6.10 Å². The second kappa shape index (κ2) is 14.4. The van der Waals surface area contributed by atoms with Crippen molar-refractivity contribution < 1.29 is 23.8 Å². The maximum Gasteiger partial charge on any atom is 0.309 e. The van der Waals surface area contributed by atoms with E-state index in [0.29, 0.717) is 30.8 Å². The summed E-state index contributed by atoms with van der Waals surface area (Å²) in [5, 5.41) is 13.9. The molecule has 0 aliphatic heterocycles. The van der Waals surface area contributed by atoms with E-state index in [9.17, 15) is 19.1 Å². The Balaban J connectivity index is 1.85. The molecule has 0 bridgehead atoms. The van der Waals surface area contributed by atoms with Crippen LogP contribution in [0.2, 0.25) is 0 Å². The van der Waals surface area contributed by atoms with Crippen LogP contribution in [0.5, 0.6) is 0 Å². The smallest absolute Gasteiger partial charge is 0.309 e. The maximum atomic E-state index is 14.1. The van der Waals surface area contributed by atoms with Crippen LogP contribution in [0.15, 0.2) is 97.1 Å². The number of aromatic nitrogens is 1. The van der Waals surface area contributed by atoms with Gasteiger partial charge in [-0.3, -0.25) is 9.59 Å². The number of nitrogens with one attached hydrogen (secondary N) is 1. The van der Waals surface area contributed by atoms with Crippen molar-refractivity contribution in [1.82, 2.24) is 4.57 Å². The zero-order valence-electron chi connectivity index (χ0n) is 24.2. The number of para-hydroxylation sites is 1. The summed E-state index contributed by atoms with van der Waals surface area (Å²) >= 11 is 0. The fourth-order valence-electron chi connectivity index (χ4n) is 5.11. The number of carbonyl (C=O) groups is 2. The van der Waals surface area contributed by atoms with Crippen molar-refractivity contribution in [1.29, 1.82) is 0 Å². The summed E-state index contributed by atoms with van der Waals surface area (Å²) in [4.78, 5) is 25.8. The zero-order valence-corrected chi connectivity index (χ0v) is 24.2. The fourth-order valence-corrected chi connectivity index (χ4v) is 5.11. The molecule has 1 amide bonds. The number of carbonyl (C=O) groups excluding carboxylic acids is 2. The number of esters is 1. The van der Waals surface area contributed by atoms with Gasteiger partial charge in [-0.1, -0.05) is 74.5 Å². The molecule has 6 nitrogen and oxygen atoms in total. The minimum absolute atomic E-state index is 0.0605. The van der Waals surface area contributed by atoms with E-state index in [2.05, 4.69) is 9.88 Å². The Labute approximate surface area is 246 Å². The number of benzene rings is 3. The van der Waals surface area contributed by atoms with Crippen LogP contribution in [0.4, 0.5) is 10.1 Å². The minimum atomic E-state index is -0.829. The molecule has 1 heterocycles. The van der Waals surface area contributed by atoms with E-state index in [1.54, 1.807) is 31.2 Å². The molecule has 1 atom stereocenters. The zero-order chi connectivity index (χ0) is 30.1. The summed E-state index contributed by atoms with van der Waals surface area (Å²) in [6, 6.07) is 25.2. The van der Waals surface area contributed by atoms with Gasteiger partial charge in [0.15, 0.2) is 0 Å². The molecule has 2 N–H and O–H groups in total. The lowest BCUT2D eigenvalue weighted by molar-refractivity contribution is -0.142. The van der Waals surface area contributed by atoms with Crippen LogP contribution in [0, 0.1) is 5.82 Å². The normalized spacial score (nSPS) is 12.0. The summed E-state index contributed by atoms with van der Waals surface area (Å²) in [6.07, 6.45) is 2.78. The number of anilines is 1. The standard InChI is InChI=1S/C35H37FN2O4/c1-4-42-30(40)17-11-16-29(39)22-23-38-33(24(2)3)32(35(41)37-28-14-9-6-10-15-28)31(25-12-7-5-8-13-25)34(38)26-18-20-27(36)21-19-26/h5-16,18-21,24,29,39H,4,17,22-23H2,1-3H3,(H,37,41)/b16-11+/t29-/m0/s1. The molecule has 7 heteroatoms. The molecular weight excluding hydrogens is 531 g/mol. The first-order valence-corrected chi connectivity index (χ1v) is 14.2. The number of amides is 1. The van der Waals surface area contributed by atoms with Gasteiger partial charge in [0.2, 0.25) is 0 Å². The molecule has 0 spiro atoms. The molecule has 1 aromatic heterocycles. The van der Waals surface area contributed by atoms with E-state index in [1.165, 1.54) is 12.1 Å². The first-order valence-electron chi connectivity index (χ1n) is 14.2. The first-order chi connectivity index (χ1) is 20.3. The van der Waals surface area contributed by atoms with Crippen molar-refractivity contribution in [2.24, 2.45) is 0 Å². The number of rotatable bonds is 12. The van der Waals surface area contributed by atoms with Gasteiger partial charge in [0.25, 0.3) is 5.91 Å². The highest BCUT2D eigenvalue weighted by Gasteiger charge is 2.30. The average Bonchev–Trinajstić information content (AvgIpc) is 3.33. The number of aliphatic hydroxyl groups excluding tert-OH is 1. The molecule has 4 rings (SSSR count). The van der Waals surface area contributed by atoms with Crippen LogP contribution in [-0.2, 0) is 16.1 Å². The molecule has 3 aromatic carbocycles. The monoisotopic (exact) mass is 568 g/mol. The van der Waals surface area contributed by atoms with Crippen molar-refractivity contribution in [2.45, 2.75) is 52.2 Å². The summed E-state index contributed by atoms with van der Waals surface area (Å²) < 4.78 is 21.1. The van der Waals surface area contributed by atoms with Gasteiger partial charge in [0.05, 0.1) is 30.4 Å². The van der Waals surface area contributed by atoms with E-state index in [4.69, 9.17) is 4.74 Å². The minimum Gasteiger partial charge on any atom is -0.466 e. The van der Waals surface area contributed by atoms with Gasteiger partial charge in [-0.05, 0) is 66.8 Å². The number of aliphatic hydroxyl groups is 1. The highest BCUT2D eigenvalue weighted by Crippen LogP contribution is 2.42. The van der Waals surface area contributed by atoms with Crippen LogP contribution in [-0.4, -0.2) is 34.3 Å². The molecule has 0 aliphatic carbocycles. The highest BCUT2D eigenvalue weighted by molar-refractivity contribution is 6.12. The second-order valence-corrected chi connectivity index (χ2v) is 10.3. The molecule has 4 aromatic rings. The van der Waals surface area contributed by atoms with Crippen molar-refractivity contribution >= 4 is 17.6 Å². The largest absolute Gasteiger partial charge is 0.466 e. The third-order valence-corrected chi connectivity index (χ3v) is 6.89. The van der Waals surface area contributed by atoms with Gasteiger partial charge in [0.1, 0.15) is 5.82 Å². The van der Waals surface area contributed by atoms with Crippen LogP contribution >= 0.6 is 0 Å². The Kier molecular flexibility index (Phi) is 10.5. The molecule has 0 saturated heterocycles. The molecule has 0 radical (unpaired) electrons. The molecule has 0 fully saturated rings. The fraction of sp³-hybridized carbons (Fsp3) is 0.257. The predicted molar refractivity (Wildman–Crippen MR) is 165 cm³/mol. The number of nitrogens with zero attached hydrogens (tertiary/aromatic N) is 1. The number of halogens is 1. The SMILES string of the molecule is CCOC(=O)C/C=C/[C@H](O)CCn1c(-c2ccc(F)cc2)c(-c2ccccc2)c(C(=O)Nc2ccccc2)c1C(C)C. The Hall–Kier alpha value is -4.49. The van der Waals surface area contributed by atoms with Crippen LogP contribution < -0.4 is 5.32 Å². The van der Waals surface area contributed by atoms with E-state index in [-0.39, 0.29) is 30.0 Å². The average molecular weight is 569 g/mol. The third-order valence-electron chi connectivity index (χ3n) is 6.89. The summed E-state index contributed by atoms with van der Waals surface area (Å²) in [6.45, 7) is 6.49. The van der Waals surface area contributed by atoms with Gasteiger partial charge in [-0.15, -0.1) is 0 Å². The van der Waals surface area contributed by atoms with Gasteiger partial charge < -0.3 is 19.7 Å². The van der Waals surface area contributed by atoms with E-state index in [0.717, 1.165) is 28.1 Å². The molecule has 42 heavy (non-hydrogen) atoms. The van der Waals surface area contributed by atoms with Crippen LogP contribution in [0.25, 0.3) is 22.4 Å². The maximum absolute atomic E-state index is 14.1. The number of hydrogen-bond donors (Lipinski definition) is 2. The lowest BCUT2D eigenvalue weighted by atomic mass is 9.94. The quantitative estimate of drug-likeness (QED) is 0.136. The first kappa shape index (κ1) is 30.5. The summed E-state index contributed by atoms with van der Waals surface area (Å²) in [7, 11) is 0. The van der Waals surface area contributed by atoms with Crippen molar-refractivity contribution in [3.05, 3.63) is 114 Å². The molecule has 0 unspecified atom stereocenters. The van der Waals surface area contributed by atoms with Crippen molar-refractivity contribution in [3.8, 4) is 22.4 Å². The van der Waals surface area contributed by atoms with Gasteiger partial charge in [-0.25, -0.2) is 4.39 Å². The van der Waals surface area contributed by atoms with Gasteiger partial charge >= 0.3 is 5.97 Å². The van der Waals surface area contributed by atoms with Crippen molar-refractivity contribution in [2.75, 3.05) is 11.9 Å². The topological polar surface area (TPSA) is 80.6 Å². The summed E-state index contributed by atoms with van der Waals surface area (Å²) in [5.41, 5.74) is 5.14. The second-order valence-electron chi connectivity index (χ2n) is 10.3. The molecule has 0 aliphatic rings. The Morgan fingerprint density at radius 2 is 1.60 bits per heavy atom. The predicted octanol–water partition coefficient (Wildman–Crippen LogP) is 7.60.